The van der Waals surface area contributed by atoms with Crippen molar-refractivity contribution in [2.24, 2.45) is 0 Å². The van der Waals surface area contributed by atoms with Gasteiger partial charge < -0.3 is 15.5 Å². The van der Waals surface area contributed by atoms with E-state index in [0.717, 1.165) is 16.6 Å². The number of furan rings is 1. The lowest BCUT2D eigenvalue weighted by Crippen LogP contribution is -2.22. The number of nitrogens with one attached hydrogen (secondary N) is 1. The van der Waals surface area contributed by atoms with Crippen LogP contribution in [-0.4, -0.2) is 15.9 Å². The molecule has 0 radical (unpaired) electrons. The van der Waals surface area contributed by atoms with Gasteiger partial charge in [-0.25, -0.2) is 9.97 Å². The van der Waals surface area contributed by atoms with Crippen LogP contribution in [0.4, 0.5) is 5.69 Å². The molecule has 6 nitrogen and oxygen atoms in total. The lowest BCUT2D eigenvalue weighted by atomic mass is 10.2. The van der Waals surface area contributed by atoms with Crippen LogP contribution >= 0.6 is 11.3 Å². The van der Waals surface area contributed by atoms with Gasteiger partial charge >= 0.3 is 0 Å². The molecule has 0 aliphatic heterocycles. The molecular weight excluding hydrogens is 348 g/mol. The Morgan fingerprint density at radius 2 is 2.00 bits per heavy atom. The molecule has 26 heavy (non-hydrogen) atoms. The molecule has 0 fully saturated rings. The first-order valence-corrected chi connectivity index (χ1v) is 8.87. The second kappa shape index (κ2) is 6.61. The number of carbonyl (C=O) groups excluding carboxylic acids is 1. The number of rotatable bonds is 4. The third-order valence-corrected chi connectivity index (χ3v) is 5.11. The molecule has 0 aliphatic carbocycles. The van der Waals surface area contributed by atoms with Crippen LogP contribution in [0.5, 0.6) is 0 Å². The SMILES string of the molecule is Cc1nc(-c2ccccc2)nc2sc(C(=O)NCc3ccco3)c(N)c12. The zero-order valence-electron chi connectivity index (χ0n) is 14.0. The number of nitrogens with zero attached hydrogens (tertiary/aromatic N) is 2. The number of nitrogens with two attached hydrogens (primary N) is 1. The highest BCUT2D eigenvalue weighted by Crippen LogP contribution is 2.35. The number of benzene rings is 1. The maximum absolute atomic E-state index is 12.5. The van der Waals surface area contributed by atoms with Crippen LogP contribution in [0, 0.1) is 6.92 Å². The molecule has 0 spiro atoms. The summed E-state index contributed by atoms with van der Waals surface area (Å²) < 4.78 is 5.23. The van der Waals surface area contributed by atoms with Gasteiger partial charge in [-0.2, -0.15) is 0 Å². The van der Waals surface area contributed by atoms with Gasteiger partial charge in [-0.15, -0.1) is 11.3 Å². The molecule has 0 saturated heterocycles. The molecule has 0 bridgehead atoms. The van der Waals surface area contributed by atoms with Crippen LogP contribution < -0.4 is 11.1 Å². The largest absolute Gasteiger partial charge is 0.467 e. The summed E-state index contributed by atoms with van der Waals surface area (Å²) in [4.78, 5) is 22.8. The normalized spacial score (nSPS) is 11.0. The zero-order valence-corrected chi connectivity index (χ0v) is 14.8. The number of hydrogen-bond donors (Lipinski definition) is 2. The quantitative estimate of drug-likeness (QED) is 0.575. The minimum Gasteiger partial charge on any atom is -0.467 e. The van der Waals surface area contributed by atoms with Crippen LogP contribution in [-0.2, 0) is 6.54 Å². The van der Waals surface area contributed by atoms with E-state index in [0.29, 0.717) is 33.5 Å². The van der Waals surface area contributed by atoms with Crippen molar-refractivity contribution in [3.63, 3.8) is 0 Å². The maximum atomic E-state index is 12.5. The molecule has 3 N–H and O–H groups in total. The Labute approximate surface area is 153 Å². The van der Waals surface area contributed by atoms with Crippen LogP contribution in [0.15, 0.2) is 53.1 Å². The smallest absolute Gasteiger partial charge is 0.263 e. The topological polar surface area (TPSA) is 94.0 Å². The second-order valence-electron chi connectivity index (χ2n) is 5.79. The summed E-state index contributed by atoms with van der Waals surface area (Å²) in [7, 11) is 0. The van der Waals surface area contributed by atoms with Crippen LogP contribution in [0.2, 0.25) is 0 Å². The Morgan fingerprint density at radius 3 is 2.73 bits per heavy atom. The molecule has 3 aromatic heterocycles. The number of amides is 1. The zero-order chi connectivity index (χ0) is 18.1. The van der Waals surface area contributed by atoms with Gasteiger partial charge in [0.25, 0.3) is 5.91 Å². The third kappa shape index (κ3) is 2.93. The lowest BCUT2D eigenvalue weighted by Gasteiger charge is -2.03. The number of fused-ring (bicyclic) bond motifs is 1. The van der Waals surface area contributed by atoms with Crippen LogP contribution in [0.25, 0.3) is 21.6 Å². The summed E-state index contributed by atoms with van der Waals surface area (Å²) in [5.74, 6) is 1.06. The fourth-order valence-electron chi connectivity index (χ4n) is 2.74. The van der Waals surface area contributed by atoms with E-state index in [1.807, 2.05) is 37.3 Å². The molecule has 4 rings (SSSR count). The van der Waals surface area contributed by atoms with Gasteiger partial charge in [0, 0.05) is 5.56 Å². The molecule has 0 unspecified atom stereocenters. The molecule has 3 heterocycles. The summed E-state index contributed by atoms with van der Waals surface area (Å²) >= 11 is 1.27. The van der Waals surface area contributed by atoms with Crippen LogP contribution in [0.3, 0.4) is 0 Å². The highest BCUT2D eigenvalue weighted by molar-refractivity contribution is 7.21. The summed E-state index contributed by atoms with van der Waals surface area (Å²) in [5.41, 5.74) is 8.32. The van der Waals surface area contributed by atoms with Crippen molar-refractivity contribution in [1.29, 1.82) is 0 Å². The number of anilines is 1. The third-order valence-electron chi connectivity index (χ3n) is 4.01. The average molecular weight is 364 g/mol. The van der Waals surface area contributed by atoms with E-state index in [9.17, 15) is 4.79 Å². The predicted octanol–water partition coefficient (Wildman–Crippen LogP) is 3.77. The Kier molecular flexibility index (Phi) is 4.14. The minimum absolute atomic E-state index is 0.248. The van der Waals surface area contributed by atoms with Crippen molar-refractivity contribution in [3.8, 4) is 11.4 Å². The summed E-state index contributed by atoms with van der Waals surface area (Å²) in [6, 6.07) is 13.3. The Bertz CT molecular complexity index is 1070. The first-order valence-electron chi connectivity index (χ1n) is 8.06. The van der Waals surface area contributed by atoms with Crippen molar-refractivity contribution in [1.82, 2.24) is 15.3 Å². The van der Waals surface area contributed by atoms with Crippen molar-refractivity contribution >= 4 is 33.1 Å². The van der Waals surface area contributed by atoms with E-state index in [-0.39, 0.29) is 5.91 Å². The minimum atomic E-state index is -0.248. The van der Waals surface area contributed by atoms with Crippen molar-refractivity contribution in [3.05, 3.63) is 65.1 Å². The number of nitrogen functional groups attached to an aromatic ring is 1. The lowest BCUT2D eigenvalue weighted by molar-refractivity contribution is 0.0953. The molecule has 0 atom stereocenters. The number of aryl methyl sites for hydroxylation is 1. The molecule has 130 valence electrons. The molecule has 1 amide bonds. The Balaban J connectivity index is 1.69. The number of hydrogen-bond acceptors (Lipinski definition) is 6. The molecule has 4 aromatic rings. The summed E-state index contributed by atoms with van der Waals surface area (Å²) in [5, 5.41) is 3.55. The van der Waals surface area contributed by atoms with Crippen molar-refractivity contribution in [2.45, 2.75) is 13.5 Å². The Hall–Kier alpha value is -3.19. The van der Waals surface area contributed by atoms with Gasteiger partial charge in [0.15, 0.2) is 5.82 Å². The van der Waals surface area contributed by atoms with Crippen LogP contribution in [0.1, 0.15) is 21.1 Å². The van der Waals surface area contributed by atoms with E-state index >= 15 is 0 Å². The van der Waals surface area contributed by atoms with Crippen molar-refractivity contribution in [2.75, 3.05) is 5.73 Å². The average Bonchev–Trinajstić information content (AvgIpc) is 3.28. The number of aromatic nitrogens is 2. The van der Waals surface area contributed by atoms with Crippen molar-refractivity contribution < 1.29 is 9.21 Å². The fourth-order valence-corrected chi connectivity index (χ4v) is 3.80. The highest BCUT2D eigenvalue weighted by Gasteiger charge is 2.20. The number of carbonyl (C=O) groups is 1. The molecular formula is C19H16N4O2S. The van der Waals surface area contributed by atoms with E-state index in [1.54, 1.807) is 18.4 Å². The number of thiophene rings is 1. The molecule has 7 heteroatoms. The first-order chi connectivity index (χ1) is 12.6. The van der Waals surface area contributed by atoms with Gasteiger partial charge in [-0.1, -0.05) is 30.3 Å². The first kappa shape index (κ1) is 16.3. The molecule has 0 saturated carbocycles. The fraction of sp³-hybridized carbons (Fsp3) is 0.105. The van der Waals surface area contributed by atoms with Gasteiger partial charge in [-0.05, 0) is 19.1 Å². The summed E-state index contributed by atoms with van der Waals surface area (Å²) in [6.45, 7) is 2.18. The highest BCUT2D eigenvalue weighted by atomic mass is 32.1. The standard InChI is InChI=1S/C19H16N4O2S/c1-11-14-15(20)16(18(24)21-10-13-8-5-9-25-13)26-19(14)23-17(22-11)12-6-3-2-4-7-12/h2-9H,10,20H2,1H3,(H,21,24). The predicted molar refractivity (Wildman–Crippen MR) is 102 cm³/mol. The van der Waals surface area contributed by atoms with Gasteiger partial charge in [0.05, 0.1) is 29.6 Å². The van der Waals surface area contributed by atoms with E-state index in [2.05, 4.69) is 15.3 Å². The Morgan fingerprint density at radius 1 is 1.19 bits per heavy atom. The van der Waals surface area contributed by atoms with Gasteiger partial charge in [-0.3, -0.25) is 4.79 Å². The molecule has 1 aromatic carbocycles. The maximum Gasteiger partial charge on any atom is 0.263 e. The van der Waals surface area contributed by atoms with Gasteiger partial charge in [0.2, 0.25) is 0 Å². The van der Waals surface area contributed by atoms with E-state index < -0.39 is 0 Å². The van der Waals surface area contributed by atoms with E-state index in [1.165, 1.54) is 11.3 Å². The van der Waals surface area contributed by atoms with Gasteiger partial charge in [0.1, 0.15) is 15.5 Å². The molecule has 0 aliphatic rings. The second-order valence-corrected chi connectivity index (χ2v) is 6.78. The van der Waals surface area contributed by atoms with E-state index in [4.69, 9.17) is 10.2 Å². The monoisotopic (exact) mass is 364 g/mol. The summed E-state index contributed by atoms with van der Waals surface area (Å²) in [6.07, 6.45) is 1.57.